The molecule has 5 nitrogen and oxygen atoms in total. The molecular formula is C17H27F2N3O2. The largest absolute Gasteiger partial charge is 0.435 e. The molecule has 0 aliphatic carbocycles. The molecule has 0 radical (unpaired) electrons. The number of carbonyl (C=O) groups is 1. The van der Waals surface area contributed by atoms with Crippen molar-refractivity contribution in [1.82, 2.24) is 5.32 Å². The van der Waals surface area contributed by atoms with Gasteiger partial charge in [-0.1, -0.05) is 20.8 Å². The first-order valence-corrected chi connectivity index (χ1v) is 7.91. The number of nitrogens with one attached hydrogen (secondary N) is 2. The first-order valence-electron chi connectivity index (χ1n) is 7.91. The minimum absolute atomic E-state index is 0.0136. The lowest BCUT2D eigenvalue weighted by Crippen LogP contribution is -2.47. The van der Waals surface area contributed by atoms with Crippen LogP contribution in [0.5, 0.6) is 5.75 Å². The second kappa shape index (κ2) is 8.82. The normalized spacial score (nSPS) is 14.2. The molecule has 0 saturated heterocycles. The van der Waals surface area contributed by atoms with Crippen LogP contribution in [-0.2, 0) is 4.79 Å². The Morgan fingerprint density at radius 2 is 1.83 bits per heavy atom. The molecule has 0 aliphatic rings. The Morgan fingerprint density at radius 1 is 1.25 bits per heavy atom. The number of rotatable bonds is 8. The van der Waals surface area contributed by atoms with E-state index in [1.165, 1.54) is 12.1 Å². The zero-order chi connectivity index (χ0) is 18.3. The van der Waals surface area contributed by atoms with Gasteiger partial charge in [0.2, 0.25) is 5.91 Å². The van der Waals surface area contributed by atoms with Crippen molar-refractivity contribution in [3.8, 4) is 5.75 Å². The van der Waals surface area contributed by atoms with Gasteiger partial charge in [-0.25, -0.2) is 0 Å². The number of halogens is 2. The molecule has 1 rings (SSSR count). The summed E-state index contributed by atoms with van der Waals surface area (Å²) in [7, 11) is 0. The Hall–Kier alpha value is -1.89. The third-order valence-corrected chi connectivity index (χ3v) is 3.25. The summed E-state index contributed by atoms with van der Waals surface area (Å²) in [4.78, 5) is 12.0. The SMILES string of the molecule is C[C@@H](CNc1ccc(OC(F)F)cc1)NC(=O)[C@@H](N)CC(C)(C)C. The molecule has 24 heavy (non-hydrogen) atoms. The summed E-state index contributed by atoms with van der Waals surface area (Å²) in [6, 6.07) is 5.52. The lowest BCUT2D eigenvalue weighted by molar-refractivity contribution is -0.123. The predicted octanol–water partition coefficient (Wildman–Crippen LogP) is 2.97. The molecule has 136 valence electrons. The Morgan fingerprint density at radius 3 is 2.33 bits per heavy atom. The molecule has 1 aromatic rings. The number of nitrogens with two attached hydrogens (primary N) is 1. The quantitative estimate of drug-likeness (QED) is 0.678. The molecule has 0 bridgehead atoms. The summed E-state index contributed by atoms with van der Waals surface area (Å²) in [6.07, 6.45) is 0.602. The number of hydrogen-bond donors (Lipinski definition) is 3. The van der Waals surface area contributed by atoms with Crippen LogP contribution in [0.15, 0.2) is 24.3 Å². The highest BCUT2D eigenvalue weighted by Crippen LogP contribution is 2.20. The monoisotopic (exact) mass is 343 g/mol. The summed E-state index contributed by atoms with van der Waals surface area (Å²) < 4.78 is 28.4. The van der Waals surface area contributed by atoms with Gasteiger partial charge in [0.05, 0.1) is 6.04 Å². The van der Waals surface area contributed by atoms with Crippen LogP contribution in [0.4, 0.5) is 14.5 Å². The number of carbonyl (C=O) groups excluding carboxylic acids is 1. The summed E-state index contributed by atoms with van der Waals surface area (Å²) in [5.74, 6) is -0.0787. The minimum atomic E-state index is -2.84. The maximum absolute atomic E-state index is 12.1. The van der Waals surface area contributed by atoms with E-state index in [1.807, 2.05) is 27.7 Å². The van der Waals surface area contributed by atoms with Crippen LogP contribution >= 0.6 is 0 Å². The van der Waals surface area contributed by atoms with Crippen molar-refractivity contribution in [2.24, 2.45) is 11.1 Å². The van der Waals surface area contributed by atoms with Crippen LogP contribution in [-0.4, -0.2) is 31.1 Å². The molecule has 0 fully saturated rings. The average Bonchev–Trinajstić information content (AvgIpc) is 2.44. The zero-order valence-electron chi connectivity index (χ0n) is 14.6. The van der Waals surface area contributed by atoms with Crippen LogP contribution in [0, 0.1) is 5.41 Å². The molecule has 1 aromatic carbocycles. The lowest BCUT2D eigenvalue weighted by atomic mass is 9.88. The Bertz CT molecular complexity index is 516. The van der Waals surface area contributed by atoms with Crippen LogP contribution in [0.1, 0.15) is 34.1 Å². The van der Waals surface area contributed by atoms with Crippen molar-refractivity contribution in [3.63, 3.8) is 0 Å². The molecule has 7 heteroatoms. The van der Waals surface area contributed by atoms with Gasteiger partial charge in [-0.2, -0.15) is 8.78 Å². The highest BCUT2D eigenvalue weighted by atomic mass is 19.3. The maximum atomic E-state index is 12.1. The van der Waals surface area contributed by atoms with Gasteiger partial charge in [0.15, 0.2) is 0 Å². The van der Waals surface area contributed by atoms with Gasteiger partial charge in [-0.3, -0.25) is 4.79 Å². The van der Waals surface area contributed by atoms with Gasteiger partial charge in [0.25, 0.3) is 0 Å². The van der Waals surface area contributed by atoms with E-state index < -0.39 is 12.7 Å². The summed E-state index contributed by atoms with van der Waals surface area (Å²) in [5.41, 5.74) is 6.64. The van der Waals surface area contributed by atoms with Gasteiger partial charge < -0.3 is 21.1 Å². The van der Waals surface area contributed by atoms with E-state index in [0.717, 1.165) is 5.69 Å². The first kappa shape index (κ1) is 20.2. The highest BCUT2D eigenvalue weighted by molar-refractivity contribution is 5.81. The number of ether oxygens (including phenoxy) is 1. The van der Waals surface area contributed by atoms with Crippen molar-refractivity contribution < 1.29 is 18.3 Å². The molecule has 0 heterocycles. The third kappa shape index (κ3) is 8.10. The summed E-state index contributed by atoms with van der Waals surface area (Å²) >= 11 is 0. The molecule has 0 spiro atoms. The van der Waals surface area contributed by atoms with E-state index in [0.29, 0.717) is 13.0 Å². The minimum Gasteiger partial charge on any atom is -0.435 e. The number of anilines is 1. The summed E-state index contributed by atoms with van der Waals surface area (Å²) in [5, 5.41) is 5.98. The van der Waals surface area contributed by atoms with E-state index in [1.54, 1.807) is 12.1 Å². The third-order valence-electron chi connectivity index (χ3n) is 3.25. The van der Waals surface area contributed by atoms with Gasteiger partial charge in [-0.05, 0) is 43.0 Å². The van der Waals surface area contributed by atoms with E-state index in [2.05, 4.69) is 15.4 Å². The Balaban J connectivity index is 2.40. The van der Waals surface area contributed by atoms with Gasteiger partial charge in [0.1, 0.15) is 5.75 Å². The Kier molecular flexibility index (Phi) is 7.41. The van der Waals surface area contributed by atoms with Gasteiger partial charge >= 0.3 is 6.61 Å². The number of amides is 1. The second-order valence-electron chi connectivity index (χ2n) is 7.06. The van der Waals surface area contributed by atoms with Crippen LogP contribution in [0.3, 0.4) is 0 Å². The molecule has 0 unspecified atom stereocenters. The van der Waals surface area contributed by atoms with Gasteiger partial charge in [-0.15, -0.1) is 0 Å². The van der Waals surface area contributed by atoms with Crippen molar-refractivity contribution >= 4 is 11.6 Å². The van der Waals surface area contributed by atoms with Crippen molar-refractivity contribution in [1.29, 1.82) is 0 Å². The molecular weight excluding hydrogens is 316 g/mol. The first-order chi connectivity index (χ1) is 11.1. The number of alkyl halides is 2. The van der Waals surface area contributed by atoms with Crippen LogP contribution in [0.25, 0.3) is 0 Å². The fourth-order valence-corrected chi connectivity index (χ4v) is 2.18. The lowest BCUT2D eigenvalue weighted by Gasteiger charge is -2.24. The van der Waals surface area contributed by atoms with Crippen molar-refractivity contribution in [2.45, 2.75) is 52.8 Å². The van der Waals surface area contributed by atoms with Gasteiger partial charge in [0, 0.05) is 18.3 Å². The molecule has 0 saturated carbocycles. The van der Waals surface area contributed by atoms with E-state index in [4.69, 9.17) is 5.73 Å². The number of benzene rings is 1. The molecule has 1 amide bonds. The fraction of sp³-hybridized carbons (Fsp3) is 0.588. The molecule has 0 aliphatic heterocycles. The summed E-state index contributed by atoms with van der Waals surface area (Å²) in [6.45, 7) is 5.62. The molecule has 4 N–H and O–H groups in total. The van der Waals surface area contributed by atoms with E-state index in [-0.39, 0.29) is 23.1 Å². The predicted molar refractivity (Wildman–Crippen MR) is 91.2 cm³/mol. The fourth-order valence-electron chi connectivity index (χ4n) is 2.18. The second-order valence-corrected chi connectivity index (χ2v) is 7.06. The Labute approximate surface area is 141 Å². The van der Waals surface area contributed by atoms with E-state index >= 15 is 0 Å². The van der Waals surface area contributed by atoms with Crippen LogP contribution < -0.4 is 21.1 Å². The van der Waals surface area contributed by atoms with Crippen molar-refractivity contribution in [3.05, 3.63) is 24.3 Å². The van der Waals surface area contributed by atoms with E-state index in [9.17, 15) is 13.6 Å². The molecule has 0 aromatic heterocycles. The van der Waals surface area contributed by atoms with Crippen molar-refractivity contribution in [2.75, 3.05) is 11.9 Å². The average molecular weight is 343 g/mol. The number of hydrogen-bond acceptors (Lipinski definition) is 4. The molecule has 2 atom stereocenters. The zero-order valence-corrected chi connectivity index (χ0v) is 14.6. The smallest absolute Gasteiger partial charge is 0.387 e. The topological polar surface area (TPSA) is 76.4 Å². The maximum Gasteiger partial charge on any atom is 0.387 e. The highest BCUT2D eigenvalue weighted by Gasteiger charge is 2.22. The standard InChI is InChI=1S/C17H27F2N3O2/c1-11(22-15(23)14(20)9-17(2,3)4)10-21-12-5-7-13(8-6-12)24-16(18)19/h5-8,11,14,16,21H,9-10,20H2,1-4H3,(H,22,23)/t11-,14-/m0/s1. The van der Waals surface area contributed by atoms with Crippen LogP contribution in [0.2, 0.25) is 0 Å².